The number of hydrogen-bond donors (Lipinski definition) is 1. The molecule has 0 amide bonds. The highest BCUT2D eigenvalue weighted by Gasteiger charge is 2.11. The maximum absolute atomic E-state index is 10.9. The fourth-order valence-corrected chi connectivity index (χ4v) is 4.67. The van der Waals surface area contributed by atoms with E-state index in [1.54, 1.807) is 0 Å². The lowest BCUT2D eigenvalue weighted by Gasteiger charge is -2.12. The van der Waals surface area contributed by atoms with E-state index in [1.807, 2.05) is 0 Å². The van der Waals surface area contributed by atoms with Crippen LogP contribution in [0.2, 0.25) is 0 Å². The van der Waals surface area contributed by atoms with Crippen molar-refractivity contribution in [2.24, 2.45) is 5.92 Å². The van der Waals surface area contributed by atoms with Gasteiger partial charge in [0.1, 0.15) is 0 Å². The minimum absolute atomic E-state index is 0.0421. The Kier molecular flexibility index (Phi) is 24.4. The minimum Gasteiger partial charge on any atom is -0.264 e. The zero-order valence-electron chi connectivity index (χ0n) is 22.1. The van der Waals surface area contributed by atoms with Gasteiger partial charge in [-0.3, -0.25) is 4.55 Å². The molecule has 5 heteroatoms. The van der Waals surface area contributed by atoms with Crippen molar-refractivity contribution in [3.05, 3.63) is 12.2 Å². The van der Waals surface area contributed by atoms with Crippen LogP contribution < -0.4 is 0 Å². The summed E-state index contributed by atoms with van der Waals surface area (Å²) in [4.78, 5) is 0. The van der Waals surface area contributed by atoms with Crippen LogP contribution in [0.3, 0.4) is 0 Å². The second kappa shape index (κ2) is 24.7. The second-order valence-electron chi connectivity index (χ2n) is 9.84. The van der Waals surface area contributed by atoms with Crippen molar-refractivity contribution < 1.29 is 17.2 Å². The lowest BCUT2D eigenvalue weighted by Crippen LogP contribution is -2.12. The Balaban J connectivity index is 3.54. The van der Waals surface area contributed by atoms with Crippen LogP contribution in [-0.4, -0.2) is 19.6 Å². The maximum atomic E-state index is 10.9. The molecule has 0 aliphatic rings. The van der Waals surface area contributed by atoms with Crippen LogP contribution in [-0.2, 0) is 14.6 Å². The molecule has 0 bridgehead atoms. The Morgan fingerprint density at radius 2 is 1.03 bits per heavy atom. The first-order chi connectivity index (χ1) is 16.0. The van der Waals surface area contributed by atoms with Crippen molar-refractivity contribution in [3.63, 3.8) is 0 Å². The summed E-state index contributed by atoms with van der Waals surface area (Å²) in [7, 11) is -4.35. The molecule has 0 spiro atoms. The lowest BCUT2D eigenvalue weighted by molar-refractivity contribution is 0.234. The van der Waals surface area contributed by atoms with E-state index in [0.29, 0.717) is 0 Å². The van der Waals surface area contributed by atoms with Crippen LogP contribution in [0.25, 0.3) is 0 Å². The topological polar surface area (TPSA) is 63.6 Å². The Morgan fingerprint density at radius 3 is 1.42 bits per heavy atom. The number of unbranched alkanes of at least 4 members (excludes halogenated alkanes) is 19. The minimum atomic E-state index is -4.35. The standard InChI is InChI=1S/C28H56O4S/c1-3-5-7-9-10-11-12-13-14-15-16-17-18-19-20-21-22-24-26-28(25-23-8-6-4-2)27-32-33(29,30)31/h23,25,28H,3-22,24,26-27H2,1-2H3,(H,29,30,31)/b25-23+. The Labute approximate surface area is 207 Å². The second-order valence-corrected chi connectivity index (χ2v) is 10.9. The van der Waals surface area contributed by atoms with Crippen molar-refractivity contribution >= 4 is 10.4 Å². The third-order valence-corrected chi connectivity index (χ3v) is 6.93. The van der Waals surface area contributed by atoms with Gasteiger partial charge in [0, 0.05) is 5.92 Å². The van der Waals surface area contributed by atoms with Gasteiger partial charge in [-0.2, -0.15) is 8.42 Å². The fourth-order valence-electron chi connectivity index (χ4n) is 4.33. The van der Waals surface area contributed by atoms with E-state index < -0.39 is 10.4 Å². The molecule has 1 atom stereocenters. The molecule has 1 N–H and O–H groups in total. The quantitative estimate of drug-likeness (QED) is 0.0747. The first kappa shape index (κ1) is 32.6. The van der Waals surface area contributed by atoms with Gasteiger partial charge in [-0.25, -0.2) is 4.18 Å². The lowest BCUT2D eigenvalue weighted by atomic mass is 9.99. The van der Waals surface area contributed by atoms with Crippen LogP contribution in [0.1, 0.15) is 155 Å². The Hall–Kier alpha value is -0.390. The van der Waals surface area contributed by atoms with Crippen molar-refractivity contribution in [3.8, 4) is 0 Å². The third kappa shape index (κ3) is 27.7. The molecule has 4 nitrogen and oxygen atoms in total. The predicted molar refractivity (Wildman–Crippen MR) is 143 cm³/mol. The maximum Gasteiger partial charge on any atom is 0.397 e. The van der Waals surface area contributed by atoms with E-state index in [9.17, 15) is 8.42 Å². The number of rotatable bonds is 26. The van der Waals surface area contributed by atoms with E-state index in [1.165, 1.54) is 109 Å². The normalized spacial score (nSPS) is 13.2. The van der Waals surface area contributed by atoms with E-state index in [-0.39, 0.29) is 12.5 Å². The molecule has 0 aromatic carbocycles. The monoisotopic (exact) mass is 488 g/mol. The first-order valence-corrected chi connectivity index (χ1v) is 15.6. The highest BCUT2D eigenvalue weighted by Crippen LogP contribution is 2.17. The molecule has 0 aromatic heterocycles. The Bertz CT molecular complexity index is 516. The summed E-state index contributed by atoms with van der Waals surface area (Å²) in [6.45, 7) is 4.48. The molecule has 0 aliphatic carbocycles. The van der Waals surface area contributed by atoms with Crippen LogP contribution in [0.15, 0.2) is 12.2 Å². The molecule has 1 unspecified atom stereocenters. The zero-order valence-corrected chi connectivity index (χ0v) is 22.9. The Morgan fingerprint density at radius 1 is 0.636 bits per heavy atom. The van der Waals surface area contributed by atoms with Gasteiger partial charge < -0.3 is 0 Å². The molecule has 198 valence electrons. The molecule has 0 aliphatic heterocycles. The highest BCUT2D eigenvalue weighted by atomic mass is 32.3. The van der Waals surface area contributed by atoms with Gasteiger partial charge in [0.25, 0.3) is 0 Å². The average molecular weight is 489 g/mol. The van der Waals surface area contributed by atoms with Crippen molar-refractivity contribution in [1.82, 2.24) is 0 Å². The van der Waals surface area contributed by atoms with E-state index in [2.05, 4.69) is 30.2 Å². The molecule has 0 aromatic rings. The zero-order chi connectivity index (χ0) is 24.5. The van der Waals surface area contributed by atoms with Crippen LogP contribution in [0.4, 0.5) is 0 Å². The van der Waals surface area contributed by atoms with Crippen molar-refractivity contribution in [2.45, 2.75) is 155 Å². The largest absolute Gasteiger partial charge is 0.397 e. The summed E-state index contributed by atoms with van der Waals surface area (Å²) >= 11 is 0. The van der Waals surface area contributed by atoms with E-state index in [0.717, 1.165) is 32.1 Å². The molecule has 0 saturated carbocycles. The summed E-state index contributed by atoms with van der Waals surface area (Å²) in [6, 6.07) is 0. The summed E-state index contributed by atoms with van der Waals surface area (Å²) in [5, 5.41) is 0. The van der Waals surface area contributed by atoms with Gasteiger partial charge >= 0.3 is 10.4 Å². The molecule has 0 rings (SSSR count). The molecular weight excluding hydrogens is 432 g/mol. The summed E-state index contributed by atoms with van der Waals surface area (Å²) < 4.78 is 35.2. The van der Waals surface area contributed by atoms with Gasteiger partial charge in [0.05, 0.1) is 6.61 Å². The summed E-state index contributed by atoms with van der Waals surface area (Å²) in [6.07, 6.45) is 32.9. The van der Waals surface area contributed by atoms with Crippen LogP contribution in [0.5, 0.6) is 0 Å². The van der Waals surface area contributed by atoms with E-state index >= 15 is 0 Å². The number of allylic oxidation sites excluding steroid dienone is 1. The van der Waals surface area contributed by atoms with Crippen molar-refractivity contribution in [1.29, 1.82) is 0 Å². The molecule has 0 radical (unpaired) electrons. The van der Waals surface area contributed by atoms with Crippen molar-refractivity contribution in [2.75, 3.05) is 6.61 Å². The molecule has 0 fully saturated rings. The summed E-state index contributed by atoms with van der Waals surface area (Å²) in [5.74, 6) is 0.0600. The number of hydrogen-bond acceptors (Lipinski definition) is 3. The molecule has 0 saturated heterocycles. The predicted octanol–water partition coefficient (Wildman–Crippen LogP) is 9.60. The molecular formula is C28H56O4S. The summed E-state index contributed by atoms with van der Waals surface area (Å²) in [5.41, 5.74) is 0. The SMILES string of the molecule is CCCC/C=C/C(CCCCCCCCCCCCCCCCCCCC)COS(=O)(=O)O. The molecule has 0 heterocycles. The highest BCUT2D eigenvalue weighted by molar-refractivity contribution is 7.80. The van der Waals surface area contributed by atoms with Gasteiger partial charge in [-0.1, -0.05) is 154 Å². The van der Waals surface area contributed by atoms with Gasteiger partial charge in [0.2, 0.25) is 0 Å². The van der Waals surface area contributed by atoms with Gasteiger partial charge in [-0.05, 0) is 12.8 Å². The average Bonchev–Trinajstić information content (AvgIpc) is 2.78. The molecule has 33 heavy (non-hydrogen) atoms. The fraction of sp³-hybridized carbons (Fsp3) is 0.929. The smallest absolute Gasteiger partial charge is 0.264 e. The van der Waals surface area contributed by atoms with Crippen LogP contribution in [0, 0.1) is 5.92 Å². The first-order valence-electron chi connectivity index (χ1n) is 14.3. The van der Waals surface area contributed by atoms with E-state index in [4.69, 9.17) is 4.55 Å². The van der Waals surface area contributed by atoms with Gasteiger partial charge in [-0.15, -0.1) is 0 Å². The van der Waals surface area contributed by atoms with Crippen LogP contribution >= 0.6 is 0 Å². The van der Waals surface area contributed by atoms with Gasteiger partial charge in [0.15, 0.2) is 0 Å². The third-order valence-electron chi connectivity index (χ3n) is 6.49.